The highest BCUT2D eigenvalue weighted by atomic mass is 19.1. The van der Waals surface area contributed by atoms with Gasteiger partial charge in [-0.25, -0.2) is 18.3 Å². The van der Waals surface area contributed by atoms with E-state index in [4.69, 9.17) is 4.74 Å². The fraction of sp³-hybridized carbons (Fsp3) is 0.542. The van der Waals surface area contributed by atoms with E-state index in [1.807, 2.05) is 20.8 Å². The van der Waals surface area contributed by atoms with Crippen LogP contribution in [0.1, 0.15) is 67.7 Å². The molecule has 176 valence electrons. The molecule has 1 aromatic heterocycles. The largest absolute Gasteiger partial charge is 0.444 e. The van der Waals surface area contributed by atoms with Gasteiger partial charge in [0.2, 0.25) is 0 Å². The number of piperidine rings is 1. The van der Waals surface area contributed by atoms with Crippen molar-refractivity contribution >= 4 is 12.0 Å². The van der Waals surface area contributed by atoms with Gasteiger partial charge in [-0.2, -0.15) is 5.10 Å². The van der Waals surface area contributed by atoms with Crippen LogP contribution in [0.25, 0.3) is 5.69 Å². The maximum atomic E-state index is 14.5. The van der Waals surface area contributed by atoms with Crippen LogP contribution in [0.2, 0.25) is 0 Å². The van der Waals surface area contributed by atoms with Crippen LogP contribution >= 0.6 is 0 Å². The molecule has 1 saturated carbocycles. The summed E-state index contributed by atoms with van der Waals surface area (Å²) in [5, 5.41) is 7.49. The molecule has 0 bridgehead atoms. The van der Waals surface area contributed by atoms with Crippen LogP contribution in [0.4, 0.5) is 13.6 Å². The van der Waals surface area contributed by atoms with Gasteiger partial charge in [-0.3, -0.25) is 4.79 Å². The Hall–Kier alpha value is -2.97. The fourth-order valence-electron chi connectivity index (χ4n) is 4.98. The maximum Gasteiger partial charge on any atom is 0.410 e. The number of fused-ring (bicyclic) bond motifs is 3. The second-order valence-electron chi connectivity index (χ2n) is 10.3. The minimum atomic E-state index is -0.711. The highest BCUT2D eigenvalue weighted by Gasteiger charge is 2.50. The quantitative estimate of drug-likeness (QED) is 0.756. The summed E-state index contributed by atoms with van der Waals surface area (Å²) in [7, 11) is 0. The van der Waals surface area contributed by atoms with E-state index in [0.29, 0.717) is 19.0 Å². The van der Waals surface area contributed by atoms with Gasteiger partial charge in [-0.05, 0) is 64.5 Å². The zero-order valence-corrected chi connectivity index (χ0v) is 19.0. The molecule has 7 nitrogen and oxygen atoms in total. The number of amides is 2. The Kier molecular flexibility index (Phi) is 5.17. The molecule has 1 aromatic carbocycles. The summed E-state index contributed by atoms with van der Waals surface area (Å²) in [6, 6.07) is 3.15. The SMILES string of the molecule is CC(C)(C)OC(=O)N1CCC[C@H](NC(=O)c2nn(-c3ccc(F)cc3F)c3c2C[C@H]2C[C@@H]32)C1. The van der Waals surface area contributed by atoms with E-state index in [-0.39, 0.29) is 29.2 Å². The molecule has 0 unspecified atom stereocenters. The molecule has 2 aliphatic carbocycles. The fourth-order valence-corrected chi connectivity index (χ4v) is 4.98. The number of hydrogen-bond acceptors (Lipinski definition) is 4. The first-order valence-electron chi connectivity index (χ1n) is 11.5. The van der Waals surface area contributed by atoms with Crippen LogP contribution in [-0.4, -0.2) is 51.4 Å². The molecule has 2 fully saturated rings. The zero-order chi connectivity index (χ0) is 23.5. The zero-order valence-electron chi connectivity index (χ0n) is 19.0. The minimum absolute atomic E-state index is 0.146. The van der Waals surface area contributed by atoms with E-state index in [2.05, 4.69) is 10.4 Å². The summed E-state index contributed by atoms with van der Waals surface area (Å²) < 4.78 is 34.9. The maximum absolute atomic E-state index is 14.5. The standard InChI is InChI=1S/C24H28F2N4O3/c1-24(2,3)33-23(32)29-8-4-5-15(12-29)27-22(31)20-17-10-13-9-16(13)21(17)30(28-20)19-7-6-14(25)11-18(19)26/h6-7,11,13,15-16H,4-5,8-10,12H2,1-3H3,(H,27,31)/t13-,15+,16-/m1/s1. The number of ether oxygens (including phenoxy) is 1. The van der Waals surface area contributed by atoms with Crippen molar-refractivity contribution in [1.29, 1.82) is 0 Å². The van der Waals surface area contributed by atoms with Crippen LogP contribution in [-0.2, 0) is 11.2 Å². The van der Waals surface area contributed by atoms with E-state index < -0.39 is 23.3 Å². The molecule has 3 atom stereocenters. The third-order valence-corrected chi connectivity index (χ3v) is 6.52. The van der Waals surface area contributed by atoms with Crippen molar-refractivity contribution in [2.24, 2.45) is 5.92 Å². The normalized spacial score (nSPS) is 23.7. The minimum Gasteiger partial charge on any atom is -0.444 e. The number of likely N-dealkylation sites (tertiary alicyclic amines) is 1. The molecular formula is C24H28F2N4O3. The average molecular weight is 459 g/mol. The average Bonchev–Trinajstić information content (AvgIpc) is 3.23. The number of carbonyl (C=O) groups is 2. The number of rotatable bonds is 3. The molecule has 9 heteroatoms. The number of benzene rings is 1. The molecule has 33 heavy (non-hydrogen) atoms. The molecule has 0 radical (unpaired) electrons. The number of nitrogens with zero attached hydrogens (tertiary/aromatic N) is 3. The molecule has 1 saturated heterocycles. The first-order valence-corrected chi connectivity index (χ1v) is 11.5. The Labute approximate surface area is 191 Å². The highest BCUT2D eigenvalue weighted by Crippen LogP contribution is 2.57. The summed E-state index contributed by atoms with van der Waals surface area (Å²) in [5.74, 6) is -0.983. The first kappa shape index (κ1) is 21.9. The van der Waals surface area contributed by atoms with Crippen molar-refractivity contribution in [2.45, 2.75) is 64.0 Å². The van der Waals surface area contributed by atoms with Gasteiger partial charge in [0.15, 0.2) is 11.5 Å². The lowest BCUT2D eigenvalue weighted by molar-refractivity contribution is 0.0185. The molecule has 1 N–H and O–H groups in total. The number of aromatic nitrogens is 2. The van der Waals surface area contributed by atoms with E-state index in [0.717, 1.165) is 43.0 Å². The Morgan fingerprint density at radius 1 is 1.24 bits per heavy atom. The van der Waals surface area contributed by atoms with Crippen LogP contribution in [0.15, 0.2) is 18.2 Å². The van der Waals surface area contributed by atoms with Crippen molar-refractivity contribution in [1.82, 2.24) is 20.0 Å². The Balaban J connectivity index is 1.36. The lowest BCUT2D eigenvalue weighted by Crippen LogP contribution is -2.50. The van der Waals surface area contributed by atoms with E-state index >= 15 is 0 Å². The number of carbonyl (C=O) groups excluding carboxylic acids is 2. The number of nitrogens with one attached hydrogen (secondary N) is 1. The van der Waals surface area contributed by atoms with E-state index in [1.165, 1.54) is 16.8 Å². The van der Waals surface area contributed by atoms with Crippen molar-refractivity contribution in [3.8, 4) is 5.69 Å². The first-order chi connectivity index (χ1) is 15.6. The Morgan fingerprint density at radius 2 is 2.03 bits per heavy atom. The third kappa shape index (κ3) is 4.20. The summed E-state index contributed by atoms with van der Waals surface area (Å²) in [6.07, 6.45) is 2.84. The topological polar surface area (TPSA) is 76.5 Å². The monoisotopic (exact) mass is 458 g/mol. The smallest absolute Gasteiger partial charge is 0.410 e. The van der Waals surface area contributed by atoms with Gasteiger partial charge in [-0.1, -0.05) is 0 Å². The van der Waals surface area contributed by atoms with E-state index in [9.17, 15) is 18.4 Å². The molecule has 2 aromatic rings. The number of halogens is 2. The van der Waals surface area contributed by atoms with Crippen LogP contribution in [0.3, 0.4) is 0 Å². The summed E-state index contributed by atoms with van der Waals surface area (Å²) >= 11 is 0. The van der Waals surface area contributed by atoms with Crippen molar-refractivity contribution in [3.63, 3.8) is 0 Å². The lowest BCUT2D eigenvalue weighted by Gasteiger charge is -2.34. The second-order valence-corrected chi connectivity index (χ2v) is 10.3. The van der Waals surface area contributed by atoms with Crippen molar-refractivity contribution in [3.05, 3.63) is 46.8 Å². The Morgan fingerprint density at radius 3 is 2.76 bits per heavy atom. The predicted octanol–water partition coefficient (Wildman–Crippen LogP) is 3.94. The summed E-state index contributed by atoms with van der Waals surface area (Å²) in [6.45, 7) is 6.40. The van der Waals surface area contributed by atoms with Crippen LogP contribution in [0, 0.1) is 17.6 Å². The second kappa shape index (κ2) is 7.81. The predicted molar refractivity (Wildman–Crippen MR) is 116 cm³/mol. The molecule has 1 aliphatic heterocycles. The van der Waals surface area contributed by atoms with Gasteiger partial charge in [0.1, 0.15) is 17.1 Å². The van der Waals surface area contributed by atoms with Crippen molar-refractivity contribution < 1.29 is 23.1 Å². The third-order valence-electron chi connectivity index (χ3n) is 6.52. The Bertz CT molecular complexity index is 1120. The number of hydrogen-bond donors (Lipinski definition) is 1. The molecule has 5 rings (SSSR count). The van der Waals surface area contributed by atoms with Gasteiger partial charge in [0.05, 0.1) is 5.69 Å². The summed E-state index contributed by atoms with van der Waals surface area (Å²) in [4.78, 5) is 27.3. The van der Waals surface area contributed by atoms with Crippen molar-refractivity contribution in [2.75, 3.05) is 13.1 Å². The van der Waals surface area contributed by atoms with Gasteiger partial charge in [0, 0.05) is 36.7 Å². The van der Waals surface area contributed by atoms with Gasteiger partial charge in [-0.15, -0.1) is 0 Å². The molecule has 0 spiro atoms. The van der Waals surface area contributed by atoms with E-state index in [1.54, 1.807) is 4.90 Å². The van der Waals surface area contributed by atoms with Gasteiger partial charge in [0.25, 0.3) is 5.91 Å². The van der Waals surface area contributed by atoms with Gasteiger partial charge >= 0.3 is 6.09 Å². The van der Waals surface area contributed by atoms with Crippen LogP contribution < -0.4 is 5.32 Å². The van der Waals surface area contributed by atoms with Crippen LogP contribution in [0.5, 0.6) is 0 Å². The highest BCUT2D eigenvalue weighted by molar-refractivity contribution is 5.94. The lowest BCUT2D eigenvalue weighted by atomic mass is 10.0. The molecule has 3 aliphatic rings. The molecule has 2 heterocycles. The molecular weight excluding hydrogens is 430 g/mol. The molecule has 2 amide bonds. The summed E-state index contributed by atoms with van der Waals surface area (Å²) in [5.41, 5.74) is 1.55. The van der Waals surface area contributed by atoms with Gasteiger partial charge < -0.3 is 15.0 Å².